The van der Waals surface area contributed by atoms with Gasteiger partial charge in [-0.2, -0.15) is 0 Å². The van der Waals surface area contributed by atoms with E-state index in [4.69, 9.17) is 9.15 Å². The van der Waals surface area contributed by atoms with Gasteiger partial charge < -0.3 is 14.5 Å². The Hall–Kier alpha value is -3.57. The van der Waals surface area contributed by atoms with E-state index < -0.39 is 0 Å². The summed E-state index contributed by atoms with van der Waals surface area (Å²) in [7, 11) is 2.08. The lowest BCUT2D eigenvalue weighted by molar-refractivity contribution is 0.0388. The first-order valence-corrected chi connectivity index (χ1v) is 12.2. The van der Waals surface area contributed by atoms with Gasteiger partial charge in [0.1, 0.15) is 23.2 Å². The van der Waals surface area contributed by atoms with Crippen molar-refractivity contribution in [2.45, 2.75) is 39.8 Å². The zero-order valence-corrected chi connectivity index (χ0v) is 21.0. The number of aryl methyl sites for hydroxylation is 2. The monoisotopic (exact) mass is 468 g/mol. The Balaban J connectivity index is 1.53. The van der Waals surface area contributed by atoms with Gasteiger partial charge in [0.05, 0.1) is 11.4 Å². The van der Waals surface area contributed by atoms with Gasteiger partial charge in [0.2, 0.25) is 0 Å². The zero-order chi connectivity index (χ0) is 24.7. The molecule has 1 aliphatic rings. The Labute approximate surface area is 206 Å². The summed E-state index contributed by atoms with van der Waals surface area (Å²) in [5, 5.41) is 4.22. The molecule has 1 atom stereocenters. The molecule has 35 heavy (non-hydrogen) atoms. The first-order valence-electron chi connectivity index (χ1n) is 12.2. The SMILES string of the molecule is Cc1cc(C(C)Nc2ccccc2C)c2oc(-c3ccc(OC4CN(C)C4)cc3)c(C)c(=O)c2c1. The van der Waals surface area contributed by atoms with Crippen LogP contribution in [0.25, 0.3) is 22.3 Å². The summed E-state index contributed by atoms with van der Waals surface area (Å²) in [5.41, 5.74) is 6.36. The maximum Gasteiger partial charge on any atom is 0.196 e. The molecule has 3 aromatic carbocycles. The van der Waals surface area contributed by atoms with E-state index in [-0.39, 0.29) is 17.6 Å². The van der Waals surface area contributed by atoms with Gasteiger partial charge in [-0.05, 0) is 82.3 Å². The second kappa shape index (κ2) is 9.23. The number of nitrogens with one attached hydrogen (secondary N) is 1. The quantitative estimate of drug-likeness (QED) is 0.362. The molecule has 1 unspecified atom stereocenters. The molecule has 5 heteroatoms. The van der Waals surface area contributed by atoms with Gasteiger partial charge in [-0.1, -0.05) is 24.3 Å². The number of para-hydroxylation sites is 1. The standard InChI is InChI=1S/C30H32N2O3/c1-18-14-25(21(4)31-27-9-7-6-8-19(27)2)30-26(15-18)28(33)20(3)29(35-30)22-10-12-23(13-11-22)34-24-16-32(5)17-24/h6-15,21,24,31H,16-17H2,1-5H3. The summed E-state index contributed by atoms with van der Waals surface area (Å²) in [6.07, 6.45) is 0.235. The number of anilines is 1. The van der Waals surface area contributed by atoms with E-state index in [0.29, 0.717) is 22.3 Å². The number of rotatable bonds is 6. The lowest BCUT2D eigenvalue weighted by Crippen LogP contribution is -2.51. The highest BCUT2D eigenvalue weighted by Crippen LogP contribution is 2.33. The van der Waals surface area contributed by atoms with Crippen molar-refractivity contribution < 1.29 is 9.15 Å². The van der Waals surface area contributed by atoms with Crippen molar-refractivity contribution in [3.05, 3.63) is 93.1 Å². The summed E-state index contributed by atoms with van der Waals surface area (Å²) >= 11 is 0. The molecule has 0 aliphatic carbocycles. The van der Waals surface area contributed by atoms with Gasteiger partial charge in [-0.15, -0.1) is 0 Å². The van der Waals surface area contributed by atoms with Crippen LogP contribution in [-0.4, -0.2) is 31.1 Å². The van der Waals surface area contributed by atoms with E-state index in [1.807, 2.05) is 56.3 Å². The number of ether oxygens (including phenoxy) is 1. The summed E-state index contributed by atoms with van der Waals surface area (Å²) in [6, 6.07) is 20.0. The highest BCUT2D eigenvalue weighted by Gasteiger charge is 2.25. The van der Waals surface area contributed by atoms with Crippen molar-refractivity contribution in [1.29, 1.82) is 0 Å². The van der Waals surface area contributed by atoms with E-state index in [1.165, 1.54) is 5.56 Å². The molecule has 5 nitrogen and oxygen atoms in total. The Kier molecular flexibility index (Phi) is 6.12. The average Bonchev–Trinajstić information content (AvgIpc) is 2.82. The molecule has 0 radical (unpaired) electrons. The molecular weight excluding hydrogens is 436 g/mol. The third kappa shape index (κ3) is 4.56. The number of likely N-dealkylation sites (tertiary alicyclic amines) is 1. The van der Waals surface area contributed by atoms with Crippen LogP contribution in [0.1, 0.15) is 35.2 Å². The van der Waals surface area contributed by atoms with Crippen LogP contribution < -0.4 is 15.5 Å². The third-order valence-corrected chi connectivity index (χ3v) is 6.83. The van der Waals surface area contributed by atoms with Crippen molar-refractivity contribution in [2.75, 3.05) is 25.5 Å². The molecule has 0 saturated carbocycles. The molecule has 0 amide bonds. The van der Waals surface area contributed by atoms with E-state index in [9.17, 15) is 4.79 Å². The fourth-order valence-electron chi connectivity index (χ4n) is 4.80. The van der Waals surface area contributed by atoms with Gasteiger partial charge in [0.25, 0.3) is 0 Å². The lowest BCUT2D eigenvalue weighted by Gasteiger charge is -2.36. The maximum atomic E-state index is 13.4. The molecule has 1 N–H and O–H groups in total. The van der Waals surface area contributed by atoms with Crippen molar-refractivity contribution >= 4 is 16.7 Å². The molecule has 5 rings (SSSR count). The van der Waals surface area contributed by atoms with Crippen LogP contribution in [0.3, 0.4) is 0 Å². The van der Waals surface area contributed by atoms with Gasteiger partial charge in [-0.3, -0.25) is 9.69 Å². The van der Waals surface area contributed by atoms with Crippen molar-refractivity contribution in [1.82, 2.24) is 4.90 Å². The fraction of sp³-hybridized carbons (Fsp3) is 0.300. The van der Waals surface area contributed by atoms with Crippen LogP contribution >= 0.6 is 0 Å². The molecule has 1 fully saturated rings. The second-order valence-corrected chi connectivity index (χ2v) is 9.78. The minimum Gasteiger partial charge on any atom is -0.488 e. The molecule has 4 aromatic rings. The van der Waals surface area contributed by atoms with Crippen LogP contribution in [0.4, 0.5) is 5.69 Å². The molecule has 1 saturated heterocycles. The van der Waals surface area contributed by atoms with Crippen molar-refractivity contribution in [3.63, 3.8) is 0 Å². The fourth-order valence-corrected chi connectivity index (χ4v) is 4.80. The first kappa shape index (κ1) is 23.2. The normalized spacial score (nSPS) is 15.1. The summed E-state index contributed by atoms with van der Waals surface area (Å²) in [5.74, 6) is 1.44. The highest BCUT2D eigenvalue weighted by atomic mass is 16.5. The van der Waals surface area contributed by atoms with Gasteiger partial charge in [0, 0.05) is 35.5 Å². The highest BCUT2D eigenvalue weighted by molar-refractivity contribution is 5.84. The van der Waals surface area contributed by atoms with Crippen LogP contribution in [0.2, 0.25) is 0 Å². The Morgan fingerprint density at radius 1 is 1.03 bits per heavy atom. The summed E-state index contributed by atoms with van der Waals surface area (Å²) < 4.78 is 12.5. The number of hydrogen-bond acceptors (Lipinski definition) is 5. The zero-order valence-electron chi connectivity index (χ0n) is 21.0. The molecular formula is C30H32N2O3. The van der Waals surface area contributed by atoms with E-state index >= 15 is 0 Å². The molecule has 2 heterocycles. The number of hydrogen-bond donors (Lipinski definition) is 1. The minimum absolute atomic E-state index is 0.00660. The Bertz CT molecular complexity index is 1430. The largest absolute Gasteiger partial charge is 0.488 e. The summed E-state index contributed by atoms with van der Waals surface area (Å²) in [6.45, 7) is 9.93. The van der Waals surface area contributed by atoms with Crippen molar-refractivity contribution in [3.8, 4) is 17.1 Å². The predicted octanol–water partition coefficient (Wildman–Crippen LogP) is 6.25. The molecule has 180 valence electrons. The van der Waals surface area contributed by atoms with Crippen LogP contribution in [0.15, 0.2) is 69.9 Å². The predicted molar refractivity (Wildman–Crippen MR) is 143 cm³/mol. The third-order valence-electron chi connectivity index (χ3n) is 6.83. The average molecular weight is 469 g/mol. The molecule has 0 spiro atoms. The topological polar surface area (TPSA) is 54.7 Å². The van der Waals surface area contributed by atoms with Crippen molar-refractivity contribution in [2.24, 2.45) is 0 Å². The van der Waals surface area contributed by atoms with Gasteiger partial charge >= 0.3 is 0 Å². The second-order valence-electron chi connectivity index (χ2n) is 9.78. The van der Waals surface area contributed by atoms with E-state index in [0.717, 1.165) is 41.2 Å². The summed E-state index contributed by atoms with van der Waals surface area (Å²) in [4.78, 5) is 15.7. The molecule has 1 aliphatic heterocycles. The van der Waals surface area contributed by atoms with Crippen LogP contribution in [0.5, 0.6) is 5.75 Å². The molecule has 1 aromatic heterocycles. The minimum atomic E-state index is -0.0476. The smallest absolute Gasteiger partial charge is 0.196 e. The van der Waals surface area contributed by atoms with E-state index in [2.05, 4.69) is 49.3 Å². The number of benzene rings is 3. The molecule has 0 bridgehead atoms. The van der Waals surface area contributed by atoms with Gasteiger partial charge in [-0.25, -0.2) is 0 Å². The number of likely N-dealkylation sites (N-methyl/N-ethyl adjacent to an activating group) is 1. The van der Waals surface area contributed by atoms with Gasteiger partial charge in [0.15, 0.2) is 5.43 Å². The Morgan fingerprint density at radius 3 is 2.43 bits per heavy atom. The van der Waals surface area contributed by atoms with Crippen LogP contribution in [-0.2, 0) is 0 Å². The maximum absolute atomic E-state index is 13.4. The lowest BCUT2D eigenvalue weighted by atomic mass is 9.98. The Morgan fingerprint density at radius 2 is 1.74 bits per heavy atom. The van der Waals surface area contributed by atoms with Crippen LogP contribution in [0, 0.1) is 20.8 Å². The number of fused-ring (bicyclic) bond motifs is 1. The first-order chi connectivity index (χ1) is 16.8. The number of nitrogens with zero attached hydrogens (tertiary/aromatic N) is 1. The van der Waals surface area contributed by atoms with E-state index in [1.54, 1.807) is 0 Å².